The Morgan fingerprint density at radius 1 is 1.50 bits per heavy atom. The molecule has 7 nitrogen and oxygen atoms in total. The van der Waals surface area contributed by atoms with E-state index >= 15 is 0 Å². The van der Waals surface area contributed by atoms with Gasteiger partial charge in [0.2, 0.25) is 0 Å². The molecule has 0 fully saturated rings. The lowest BCUT2D eigenvalue weighted by Crippen LogP contribution is -2.25. The molecule has 1 unspecified atom stereocenters. The first-order chi connectivity index (χ1) is 8.19. The van der Waals surface area contributed by atoms with Crippen LogP contribution in [0.2, 0.25) is 0 Å². The number of non-ortho nitro benzene ring substituents is 1. The highest BCUT2D eigenvalue weighted by atomic mass is 32.2. The van der Waals surface area contributed by atoms with Crippen molar-refractivity contribution in [3.05, 3.63) is 28.3 Å². The first-order valence-corrected chi connectivity index (χ1v) is 7.23. The number of nitro benzene ring substituents is 1. The topological polar surface area (TPSA) is 115 Å². The summed E-state index contributed by atoms with van der Waals surface area (Å²) in [5.41, 5.74) is 6.25. The second kappa shape index (κ2) is 5.21. The first kappa shape index (κ1) is 14.2. The highest BCUT2D eigenvalue weighted by molar-refractivity contribution is 7.90. The summed E-state index contributed by atoms with van der Waals surface area (Å²) < 4.78 is 22.2. The molecule has 1 atom stereocenters. The summed E-state index contributed by atoms with van der Waals surface area (Å²) in [7, 11) is -3.09. The summed E-state index contributed by atoms with van der Waals surface area (Å²) in [6, 6.07) is 3.68. The van der Waals surface area contributed by atoms with E-state index in [0.717, 1.165) is 6.26 Å². The third kappa shape index (κ3) is 4.21. The van der Waals surface area contributed by atoms with Crippen molar-refractivity contribution in [3.63, 3.8) is 0 Å². The molecule has 1 rings (SSSR count). The van der Waals surface area contributed by atoms with Gasteiger partial charge < -0.3 is 11.1 Å². The van der Waals surface area contributed by atoms with Crippen LogP contribution in [0.1, 0.15) is 6.92 Å². The lowest BCUT2D eigenvalue weighted by atomic mass is 10.2. The molecule has 0 aliphatic rings. The maximum Gasteiger partial charge on any atom is 0.271 e. The predicted molar refractivity (Wildman–Crippen MR) is 70.3 cm³/mol. The van der Waals surface area contributed by atoms with Gasteiger partial charge in [0, 0.05) is 24.4 Å². The van der Waals surface area contributed by atoms with Gasteiger partial charge in [-0.2, -0.15) is 0 Å². The van der Waals surface area contributed by atoms with Gasteiger partial charge >= 0.3 is 0 Å². The Labute approximate surface area is 105 Å². The van der Waals surface area contributed by atoms with E-state index in [9.17, 15) is 18.5 Å². The van der Waals surface area contributed by atoms with Crippen LogP contribution in [0, 0.1) is 10.1 Å². The molecule has 0 aliphatic heterocycles. The van der Waals surface area contributed by atoms with E-state index in [-0.39, 0.29) is 23.2 Å². The van der Waals surface area contributed by atoms with Crippen LogP contribution in [-0.4, -0.2) is 31.4 Å². The standard InChI is InChI=1S/C10H15N3O4S/c1-7(6-18(2,16)17)12-10-4-3-8(13(14)15)5-9(10)11/h3-5,7,12H,6,11H2,1-2H3. The Kier molecular flexibility index (Phi) is 4.12. The van der Waals surface area contributed by atoms with Gasteiger partial charge in [-0.25, -0.2) is 8.42 Å². The third-order valence-corrected chi connectivity index (χ3v) is 3.31. The summed E-state index contributed by atoms with van der Waals surface area (Å²) in [4.78, 5) is 9.98. The zero-order valence-electron chi connectivity index (χ0n) is 10.1. The number of benzene rings is 1. The third-order valence-electron chi connectivity index (χ3n) is 2.20. The van der Waals surface area contributed by atoms with Crippen molar-refractivity contribution in [2.24, 2.45) is 0 Å². The lowest BCUT2D eigenvalue weighted by molar-refractivity contribution is -0.384. The molecule has 0 saturated heterocycles. The highest BCUT2D eigenvalue weighted by Crippen LogP contribution is 2.24. The summed E-state index contributed by atoms with van der Waals surface area (Å²) in [5.74, 6) is -0.0383. The van der Waals surface area contributed by atoms with E-state index < -0.39 is 14.8 Å². The van der Waals surface area contributed by atoms with Crippen LogP contribution in [0.3, 0.4) is 0 Å². The zero-order chi connectivity index (χ0) is 13.9. The van der Waals surface area contributed by atoms with Gasteiger partial charge in [0.1, 0.15) is 9.84 Å². The molecule has 0 saturated carbocycles. The van der Waals surface area contributed by atoms with E-state index in [1.807, 2.05) is 0 Å². The Bertz CT molecular complexity index is 556. The maximum atomic E-state index is 11.1. The monoisotopic (exact) mass is 273 g/mol. The van der Waals surface area contributed by atoms with Gasteiger partial charge in [-0.1, -0.05) is 0 Å². The zero-order valence-corrected chi connectivity index (χ0v) is 10.9. The molecule has 0 aliphatic carbocycles. The van der Waals surface area contributed by atoms with Crippen molar-refractivity contribution in [2.45, 2.75) is 13.0 Å². The Morgan fingerprint density at radius 2 is 2.11 bits per heavy atom. The van der Waals surface area contributed by atoms with Crippen molar-refractivity contribution in [2.75, 3.05) is 23.1 Å². The fraction of sp³-hybridized carbons (Fsp3) is 0.400. The predicted octanol–water partition coefficient (Wildman–Crippen LogP) is 1.02. The van der Waals surface area contributed by atoms with Gasteiger partial charge in [0.15, 0.2) is 0 Å². The van der Waals surface area contributed by atoms with Gasteiger partial charge in [-0.05, 0) is 13.0 Å². The lowest BCUT2D eigenvalue weighted by Gasteiger charge is -2.15. The van der Waals surface area contributed by atoms with Crippen LogP contribution in [-0.2, 0) is 9.84 Å². The Morgan fingerprint density at radius 3 is 2.56 bits per heavy atom. The van der Waals surface area contributed by atoms with Crippen molar-refractivity contribution < 1.29 is 13.3 Å². The van der Waals surface area contributed by atoms with Gasteiger partial charge in [-0.3, -0.25) is 10.1 Å². The summed E-state index contributed by atoms with van der Waals surface area (Å²) in [6.45, 7) is 1.70. The first-order valence-electron chi connectivity index (χ1n) is 5.17. The molecule has 0 aromatic heterocycles. The number of nitrogens with zero attached hydrogens (tertiary/aromatic N) is 1. The largest absolute Gasteiger partial charge is 0.397 e. The average molecular weight is 273 g/mol. The summed E-state index contributed by atoms with van der Waals surface area (Å²) >= 11 is 0. The molecule has 0 radical (unpaired) electrons. The van der Waals surface area contributed by atoms with Crippen molar-refractivity contribution in [1.29, 1.82) is 0 Å². The van der Waals surface area contributed by atoms with Crippen LogP contribution in [0.5, 0.6) is 0 Å². The van der Waals surface area contributed by atoms with Crippen LogP contribution in [0.15, 0.2) is 18.2 Å². The number of nitrogen functional groups attached to an aromatic ring is 1. The second-order valence-electron chi connectivity index (χ2n) is 4.17. The second-order valence-corrected chi connectivity index (χ2v) is 6.35. The van der Waals surface area contributed by atoms with Crippen LogP contribution < -0.4 is 11.1 Å². The summed E-state index contributed by atoms with van der Waals surface area (Å²) in [5, 5.41) is 13.4. The van der Waals surface area contributed by atoms with E-state index in [1.54, 1.807) is 6.92 Å². The van der Waals surface area contributed by atoms with Crippen LogP contribution in [0.25, 0.3) is 0 Å². The number of sulfone groups is 1. The molecule has 100 valence electrons. The minimum atomic E-state index is -3.09. The minimum absolute atomic E-state index is 0.0383. The average Bonchev–Trinajstić information content (AvgIpc) is 2.17. The molecule has 8 heteroatoms. The quantitative estimate of drug-likeness (QED) is 0.470. The number of hydrogen-bond donors (Lipinski definition) is 2. The molecule has 18 heavy (non-hydrogen) atoms. The fourth-order valence-corrected chi connectivity index (χ4v) is 2.55. The van der Waals surface area contributed by atoms with Crippen LogP contribution >= 0.6 is 0 Å². The van der Waals surface area contributed by atoms with E-state index in [0.29, 0.717) is 5.69 Å². The van der Waals surface area contributed by atoms with Crippen molar-refractivity contribution in [1.82, 2.24) is 0 Å². The number of hydrogen-bond acceptors (Lipinski definition) is 6. The van der Waals surface area contributed by atoms with E-state index in [1.165, 1.54) is 18.2 Å². The molecular weight excluding hydrogens is 258 g/mol. The number of nitro groups is 1. The molecule has 0 heterocycles. The molecule has 1 aromatic rings. The number of nitrogens with one attached hydrogen (secondary N) is 1. The Balaban J connectivity index is 2.83. The van der Waals surface area contributed by atoms with Gasteiger partial charge in [0.25, 0.3) is 5.69 Å². The fourth-order valence-electron chi connectivity index (χ4n) is 1.56. The minimum Gasteiger partial charge on any atom is -0.397 e. The van der Waals surface area contributed by atoms with Gasteiger partial charge in [-0.15, -0.1) is 0 Å². The number of nitrogens with two attached hydrogens (primary N) is 1. The molecule has 3 N–H and O–H groups in total. The molecule has 1 aromatic carbocycles. The Hall–Kier alpha value is -1.83. The molecular formula is C10H15N3O4S. The number of anilines is 2. The smallest absolute Gasteiger partial charge is 0.271 e. The van der Waals surface area contributed by atoms with Crippen molar-refractivity contribution >= 4 is 26.9 Å². The highest BCUT2D eigenvalue weighted by Gasteiger charge is 2.13. The maximum absolute atomic E-state index is 11.1. The normalized spacial score (nSPS) is 13.0. The molecule has 0 spiro atoms. The van der Waals surface area contributed by atoms with Crippen molar-refractivity contribution in [3.8, 4) is 0 Å². The van der Waals surface area contributed by atoms with E-state index in [4.69, 9.17) is 5.73 Å². The summed E-state index contributed by atoms with van der Waals surface area (Å²) in [6.07, 6.45) is 1.14. The number of rotatable bonds is 5. The van der Waals surface area contributed by atoms with E-state index in [2.05, 4.69) is 5.32 Å². The SMILES string of the molecule is CC(CS(C)(=O)=O)Nc1ccc([N+](=O)[O-])cc1N. The van der Waals surface area contributed by atoms with Crippen LogP contribution in [0.4, 0.5) is 17.1 Å². The van der Waals surface area contributed by atoms with Gasteiger partial charge in [0.05, 0.1) is 22.1 Å². The molecule has 0 bridgehead atoms. The molecule has 0 amide bonds.